The largest absolute Gasteiger partial charge is 0.376 e. The van der Waals surface area contributed by atoms with E-state index < -0.39 is 0 Å². The highest BCUT2D eigenvalue weighted by molar-refractivity contribution is 5.96. The highest BCUT2D eigenvalue weighted by Gasteiger charge is 2.28. The molecule has 214 valence electrons. The summed E-state index contributed by atoms with van der Waals surface area (Å²) < 4.78 is 5.78. The summed E-state index contributed by atoms with van der Waals surface area (Å²) in [5, 5.41) is 8.99. The Morgan fingerprint density at radius 3 is 2.07 bits per heavy atom. The van der Waals surface area contributed by atoms with Crippen LogP contribution in [0.2, 0.25) is 0 Å². The molecule has 1 unspecified atom stereocenters. The van der Waals surface area contributed by atoms with Crippen molar-refractivity contribution in [2.24, 2.45) is 0 Å². The Hall–Kier alpha value is -4.56. The van der Waals surface area contributed by atoms with Crippen molar-refractivity contribution in [1.29, 1.82) is 0 Å². The molecule has 1 atom stereocenters. The molecule has 42 heavy (non-hydrogen) atoms. The average Bonchev–Trinajstić information content (AvgIpc) is 3.58. The number of anilines is 1. The Labute approximate surface area is 246 Å². The van der Waals surface area contributed by atoms with E-state index in [0.717, 1.165) is 35.5 Å². The highest BCUT2D eigenvalue weighted by atomic mass is 16.5. The first kappa shape index (κ1) is 27.6. The number of carbonyl (C=O) groups is 2. The summed E-state index contributed by atoms with van der Waals surface area (Å²) in [4.78, 5) is 32.2. The van der Waals surface area contributed by atoms with Crippen LogP contribution in [0.25, 0.3) is 22.4 Å². The maximum atomic E-state index is 13.3. The molecule has 0 bridgehead atoms. The quantitative estimate of drug-likeness (QED) is 0.308. The van der Waals surface area contributed by atoms with Gasteiger partial charge >= 0.3 is 0 Å². The zero-order valence-corrected chi connectivity index (χ0v) is 23.6. The number of rotatable bonds is 8. The monoisotopic (exact) mass is 561 g/mol. The van der Waals surface area contributed by atoms with Gasteiger partial charge in [0.1, 0.15) is 6.54 Å². The molecule has 2 aliphatic heterocycles. The van der Waals surface area contributed by atoms with Gasteiger partial charge in [-0.05, 0) is 48.2 Å². The maximum Gasteiger partial charge on any atom is 0.254 e. The van der Waals surface area contributed by atoms with Gasteiger partial charge in [-0.25, -0.2) is 0 Å². The minimum absolute atomic E-state index is 0.0225. The first-order chi connectivity index (χ1) is 20.6. The molecule has 3 heterocycles. The molecule has 8 heteroatoms. The smallest absolute Gasteiger partial charge is 0.254 e. The van der Waals surface area contributed by atoms with Crippen LogP contribution in [0.4, 0.5) is 5.82 Å². The minimum atomic E-state index is -0.136. The second kappa shape index (κ2) is 13.0. The van der Waals surface area contributed by atoms with Crippen LogP contribution in [0.1, 0.15) is 23.2 Å². The van der Waals surface area contributed by atoms with Gasteiger partial charge in [-0.2, -0.15) is 0 Å². The van der Waals surface area contributed by atoms with Crippen molar-refractivity contribution in [1.82, 2.24) is 20.0 Å². The molecule has 0 spiro atoms. The van der Waals surface area contributed by atoms with Crippen LogP contribution < -0.4 is 4.90 Å². The van der Waals surface area contributed by atoms with Crippen LogP contribution in [0.15, 0.2) is 97.1 Å². The van der Waals surface area contributed by atoms with Gasteiger partial charge < -0.3 is 19.4 Å². The van der Waals surface area contributed by atoms with Gasteiger partial charge in [0, 0.05) is 50.5 Å². The van der Waals surface area contributed by atoms with Crippen molar-refractivity contribution in [3.05, 3.63) is 103 Å². The Morgan fingerprint density at radius 2 is 1.43 bits per heavy atom. The molecule has 3 aromatic carbocycles. The van der Waals surface area contributed by atoms with Gasteiger partial charge in [-0.15, -0.1) is 10.2 Å². The van der Waals surface area contributed by atoms with Crippen LogP contribution in [0.3, 0.4) is 0 Å². The number of piperazine rings is 1. The van der Waals surface area contributed by atoms with Gasteiger partial charge in [0.25, 0.3) is 5.91 Å². The van der Waals surface area contributed by atoms with Crippen molar-refractivity contribution < 1.29 is 14.3 Å². The number of benzene rings is 3. The molecule has 2 saturated heterocycles. The fourth-order valence-electron chi connectivity index (χ4n) is 5.58. The van der Waals surface area contributed by atoms with E-state index in [0.29, 0.717) is 44.9 Å². The normalized spacial score (nSPS) is 16.8. The standard InChI is InChI=1S/C34H35N5O3/c40-33(25-39(24-30-12-7-23-42-30)34(41)29-10-5-2-6-11-29)38-21-19-37(20-22-38)32-18-17-31(35-36-32)28-15-13-27(14-16-28)26-8-3-1-4-9-26/h1-6,8-11,13-18,30H,7,12,19-25H2. The van der Waals surface area contributed by atoms with E-state index in [9.17, 15) is 9.59 Å². The number of amides is 2. The molecule has 6 rings (SSSR count). The molecule has 2 aliphatic rings. The second-order valence-corrected chi connectivity index (χ2v) is 10.8. The van der Waals surface area contributed by atoms with E-state index in [1.54, 1.807) is 17.0 Å². The molecule has 8 nitrogen and oxygen atoms in total. The van der Waals surface area contributed by atoms with Crippen molar-refractivity contribution in [3.8, 4) is 22.4 Å². The van der Waals surface area contributed by atoms with Gasteiger partial charge in [0.05, 0.1) is 11.8 Å². The summed E-state index contributed by atoms with van der Waals surface area (Å²) in [7, 11) is 0. The van der Waals surface area contributed by atoms with Gasteiger partial charge in [-0.1, -0.05) is 72.8 Å². The number of carbonyl (C=O) groups excluding carboxylic acids is 2. The van der Waals surface area contributed by atoms with Gasteiger partial charge in [-0.3, -0.25) is 9.59 Å². The lowest BCUT2D eigenvalue weighted by atomic mass is 10.0. The zero-order valence-electron chi connectivity index (χ0n) is 23.6. The molecule has 0 aliphatic carbocycles. The summed E-state index contributed by atoms with van der Waals surface area (Å²) in [5.41, 5.74) is 4.77. The van der Waals surface area contributed by atoms with Crippen LogP contribution in [-0.4, -0.2) is 83.8 Å². The fraction of sp³-hybridized carbons (Fsp3) is 0.294. The van der Waals surface area contributed by atoms with E-state index in [2.05, 4.69) is 51.5 Å². The summed E-state index contributed by atoms with van der Waals surface area (Å²) in [5.74, 6) is 0.617. The number of nitrogens with zero attached hydrogens (tertiary/aromatic N) is 5. The van der Waals surface area contributed by atoms with E-state index in [-0.39, 0.29) is 24.5 Å². The number of aromatic nitrogens is 2. The minimum Gasteiger partial charge on any atom is -0.376 e. The lowest BCUT2D eigenvalue weighted by Gasteiger charge is -2.36. The molecular formula is C34H35N5O3. The van der Waals surface area contributed by atoms with Crippen LogP contribution in [0.5, 0.6) is 0 Å². The molecule has 0 radical (unpaired) electrons. The summed E-state index contributed by atoms with van der Waals surface area (Å²) in [6.45, 7) is 3.63. The van der Waals surface area contributed by atoms with Gasteiger partial charge in [0.15, 0.2) is 5.82 Å². The number of ether oxygens (including phenoxy) is 1. The van der Waals surface area contributed by atoms with Crippen molar-refractivity contribution in [2.75, 3.05) is 50.8 Å². The third-order valence-electron chi connectivity index (χ3n) is 7.98. The van der Waals surface area contributed by atoms with Crippen LogP contribution >= 0.6 is 0 Å². The predicted molar refractivity (Wildman–Crippen MR) is 163 cm³/mol. The fourth-order valence-corrected chi connectivity index (χ4v) is 5.58. The lowest BCUT2D eigenvalue weighted by Crippen LogP contribution is -2.52. The van der Waals surface area contributed by atoms with Crippen LogP contribution in [0, 0.1) is 0 Å². The van der Waals surface area contributed by atoms with Crippen LogP contribution in [-0.2, 0) is 9.53 Å². The summed E-state index contributed by atoms with van der Waals surface area (Å²) >= 11 is 0. The average molecular weight is 562 g/mol. The van der Waals surface area contributed by atoms with E-state index >= 15 is 0 Å². The Bertz CT molecular complexity index is 1470. The molecule has 2 amide bonds. The second-order valence-electron chi connectivity index (χ2n) is 10.8. The van der Waals surface area contributed by atoms with E-state index in [1.165, 1.54) is 5.56 Å². The molecule has 4 aromatic rings. The Kier molecular flexibility index (Phi) is 8.51. The summed E-state index contributed by atoms with van der Waals surface area (Å²) in [6.07, 6.45) is 1.87. The molecule has 0 saturated carbocycles. The maximum absolute atomic E-state index is 13.3. The first-order valence-electron chi connectivity index (χ1n) is 14.6. The third-order valence-corrected chi connectivity index (χ3v) is 7.98. The summed E-state index contributed by atoms with van der Waals surface area (Å²) in [6, 6.07) is 31.8. The predicted octanol–water partition coefficient (Wildman–Crippen LogP) is 4.78. The van der Waals surface area contributed by atoms with E-state index in [1.807, 2.05) is 53.4 Å². The molecule has 0 N–H and O–H groups in total. The SMILES string of the molecule is O=C(CN(CC1CCCO1)C(=O)c1ccccc1)N1CCN(c2ccc(-c3ccc(-c4ccccc4)cc3)nn2)CC1. The Balaban J connectivity index is 1.05. The zero-order chi connectivity index (χ0) is 28.7. The van der Waals surface area contributed by atoms with E-state index in [4.69, 9.17) is 4.74 Å². The Morgan fingerprint density at radius 1 is 0.762 bits per heavy atom. The topological polar surface area (TPSA) is 78.9 Å². The number of hydrogen-bond acceptors (Lipinski definition) is 6. The van der Waals surface area contributed by atoms with Crippen molar-refractivity contribution in [2.45, 2.75) is 18.9 Å². The molecular weight excluding hydrogens is 526 g/mol. The number of hydrogen-bond donors (Lipinski definition) is 0. The third kappa shape index (κ3) is 6.50. The molecule has 1 aromatic heterocycles. The molecule has 2 fully saturated rings. The highest BCUT2D eigenvalue weighted by Crippen LogP contribution is 2.24. The van der Waals surface area contributed by atoms with Crippen molar-refractivity contribution >= 4 is 17.6 Å². The lowest BCUT2D eigenvalue weighted by molar-refractivity contribution is -0.132. The first-order valence-corrected chi connectivity index (χ1v) is 14.6. The van der Waals surface area contributed by atoms with Gasteiger partial charge in [0.2, 0.25) is 5.91 Å². The van der Waals surface area contributed by atoms with Crippen molar-refractivity contribution in [3.63, 3.8) is 0 Å².